The Kier molecular flexibility index (Phi) is 3.96. The molecule has 0 atom stereocenters. The number of nitrogens with two attached hydrogens (primary N) is 1. The van der Waals surface area contributed by atoms with E-state index in [1.807, 2.05) is 0 Å². The molecule has 0 saturated heterocycles. The van der Waals surface area contributed by atoms with Crippen LogP contribution in [-0.4, -0.2) is 23.9 Å². The molecule has 3 N–H and O–H groups in total. The Hall–Kier alpha value is -1.72. The van der Waals surface area contributed by atoms with Crippen LogP contribution in [0.15, 0.2) is 18.3 Å². The average Bonchev–Trinajstić information content (AvgIpc) is 2.19. The molecule has 0 saturated carbocycles. The van der Waals surface area contributed by atoms with Crippen molar-refractivity contribution in [1.29, 1.82) is 0 Å². The van der Waals surface area contributed by atoms with Crippen molar-refractivity contribution < 1.29 is 13.6 Å². The van der Waals surface area contributed by atoms with E-state index in [0.29, 0.717) is 11.4 Å². The van der Waals surface area contributed by atoms with Gasteiger partial charge in [0.15, 0.2) is 0 Å². The van der Waals surface area contributed by atoms with E-state index < -0.39 is 18.9 Å². The van der Waals surface area contributed by atoms with Gasteiger partial charge in [0, 0.05) is 5.69 Å². The SMILES string of the molecule is Nc1ccc(CC(=O)NCC(F)F)nc1. The van der Waals surface area contributed by atoms with Gasteiger partial charge >= 0.3 is 0 Å². The normalized spacial score (nSPS) is 10.3. The van der Waals surface area contributed by atoms with Crippen molar-refractivity contribution in [1.82, 2.24) is 10.3 Å². The summed E-state index contributed by atoms with van der Waals surface area (Å²) < 4.78 is 23.5. The fraction of sp³-hybridized carbons (Fsp3) is 0.333. The molecule has 0 spiro atoms. The van der Waals surface area contributed by atoms with Crippen molar-refractivity contribution in [3.05, 3.63) is 24.0 Å². The van der Waals surface area contributed by atoms with Gasteiger partial charge < -0.3 is 11.1 Å². The number of nitrogens with zero attached hydrogens (tertiary/aromatic N) is 1. The number of alkyl halides is 2. The van der Waals surface area contributed by atoms with E-state index in [1.165, 1.54) is 6.20 Å². The highest BCUT2D eigenvalue weighted by Gasteiger charge is 2.07. The fourth-order valence-corrected chi connectivity index (χ4v) is 0.958. The molecule has 0 bridgehead atoms. The van der Waals surface area contributed by atoms with Gasteiger partial charge in [0.25, 0.3) is 6.43 Å². The number of anilines is 1. The number of halogens is 2. The highest BCUT2D eigenvalue weighted by molar-refractivity contribution is 5.78. The highest BCUT2D eigenvalue weighted by Crippen LogP contribution is 2.01. The standard InChI is InChI=1S/C9H11F2N3O/c10-8(11)5-14-9(15)3-7-2-1-6(12)4-13-7/h1-2,4,8H,3,5,12H2,(H,14,15). The second-order valence-electron chi connectivity index (χ2n) is 2.95. The molecular weight excluding hydrogens is 204 g/mol. The molecule has 82 valence electrons. The van der Waals surface area contributed by atoms with Crippen LogP contribution in [-0.2, 0) is 11.2 Å². The Balaban J connectivity index is 2.41. The molecule has 0 unspecified atom stereocenters. The summed E-state index contributed by atoms with van der Waals surface area (Å²) >= 11 is 0. The number of rotatable bonds is 4. The first-order chi connectivity index (χ1) is 7.08. The van der Waals surface area contributed by atoms with Crippen molar-refractivity contribution in [2.24, 2.45) is 0 Å². The molecule has 6 heteroatoms. The van der Waals surface area contributed by atoms with Gasteiger partial charge in [0.2, 0.25) is 5.91 Å². The van der Waals surface area contributed by atoms with Crippen LogP contribution >= 0.6 is 0 Å². The maximum Gasteiger partial charge on any atom is 0.255 e. The van der Waals surface area contributed by atoms with Crippen LogP contribution in [0.5, 0.6) is 0 Å². The third-order valence-electron chi connectivity index (χ3n) is 1.64. The lowest BCUT2D eigenvalue weighted by atomic mass is 10.2. The van der Waals surface area contributed by atoms with E-state index in [2.05, 4.69) is 10.3 Å². The Morgan fingerprint density at radius 2 is 2.27 bits per heavy atom. The maximum atomic E-state index is 11.7. The Morgan fingerprint density at radius 1 is 1.53 bits per heavy atom. The average molecular weight is 215 g/mol. The summed E-state index contributed by atoms with van der Waals surface area (Å²) in [4.78, 5) is 15.0. The summed E-state index contributed by atoms with van der Waals surface area (Å²) in [5, 5.41) is 2.09. The molecule has 15 heavy (non-hydrogen) atoms. The summed E-state index contributed by atoms with van der Waals surface area (Å²) in [5.74, 6) is -0.479. The Morgan fingerprint density at radius 3 is 2.80 bits per heavy atom. The number of amides is 1. The van der Waals surface area contributed by atoms with Crippen LogP contribution in [0.3, 0.4) is 0 Å². The topological polar surface area (TPSA) is 68.0 Å². The second kappa shape index (κ2) is 5.23. The minimum atomic E-state index is -2.53. The molecule has 0 aromatic carbocycles. The van der Waals surface area contributed by atoms with Crippen LogP contribution in [0.4, 0.5) is 14.5 Å². The molecule has 1 amide bonds. The Bertz CT molecular complexity index is 327. The number of hydrogen-bond donors (Lipinski definition) is 2. The number of carbonyl (C=O) groups excluding carboxylic acids is 1. The lowest BCUT2D eigenvalue weighted by molar-refractivity contribution is -0.121. The quantitative estimate of drug-likeness (QED) is 0.772. The van der Waals surface area contributed by atoms with E-state index in [1.54, 1.807) is 12.1 Å². The minimum absolute atomic E-state index is 0.0208. The lowest BCUT2D eigenvalue weighted by Gasteiger charge is -2.03. The third-order valence-corrected chi connectivity index (χ3v) is 1.64. The van der Waals surface area contributed by atoms with Crippen molar-refractivity contribution in [3.63, 3.8) is 0 Å². The summed E-state index contributed by atoms with van der Waals surface area (Å²) in [6.45, 7) is -0.631. The van der Waals surface area contributed by atoms with Gasteiger partial charge in [-0.1, -0.05) is 0 Å². The smallest absolute Gasteiger partial charge is 0.255 e. The van der Waals surface area contributed by atoms with Crippen LogP contribution in [0.25, 0.3) is 0 Å². The van der Waals surface area contributed by atoms with Gasteiger partial charge in [0.05, 0.1) is 24.8 Å². The molecule has 0 aliphatic carbocycles. The molecule has 1 aromatic rings. The predicted molar refractivity (Wildman–Crippen MR) is 51.4 cm³/mol. The largest absolute Gasteiger partial charge is 0.397 e. The molecule has 4 nitrogen and oxygen atoms in total. The minimum Gasteiger partial charge on any atom is -0.397 e. The summed E-state index contributed by atoms with van der Waals surface area (Å²) in [7, 11) is 0. The van der Waals surface area contributed by atoms with Gasteiger partial charge in [-0.15, -0.1) is 0 Å². The van der Waals surface area contributed by atoms with Crippen LogP contribution in [0.2, 0.25) is 0 Å². The molecule has 1 aromatic heterocycles. The number of nitrogens with one attached hydrogen (secondary N) is 1. The van der Waals surface area contributed by atoms with Gasteiger partial charge in [-0.2, -0.15) is 0 Å². The van der Waals surface area contributed by atoms with Crippen molar-refractivity contribution in [3.8, 4) is 0 Å². The third kappa shape index (κ3) is 4.35. The second-order valence-corrected chi connectivity index (χ2v) is 2.95. The molecule has 1 rings (SSSR count). The molecule has 0 fully saturated rings. The van der Waals surface area contributed by atoms with Crippen LogP contribution < -0.4 is 11.1 Å². The fourth-order valence-electron chi connectivity index (χ4n) is 0.958. The van der Waals surface area contributed by atoms with Crippen molar-refractivity contribution >= 4 is 11.6 Å². The number of hydrogen-bond acceptors (Lipinski definition) is 3. The van der Waals surface area contributed by atoms with Crippen LogP contribution in [0.1, 0.15) is 5.69 Å². The number of carbonyl (C=O) groups is 1. The Labute approximate surface area is 85.5 Å². The van der Waals surface area contributed by atoms with E-state index in [4.69, 9.17) is 5.73 Å². The molecular formula is C9H11F2N3O. The van der Waals surface area contributed by atoms with Crippen molar-refractivity contribution in [2.45, 2.75) is 12.8 Å². The predicted octanol–water partition coefficient (Wildman–Crippen LogP) is 0.588. The number of pyridine rings is 1. The molecule has 0 aliphatic rings. The van der Waals surface area contributed by atoms with E-state index in [-0.39, 0.29) is 6.42 Å². The van der Waals surface area contributed by atoms with Crippen molar-refractivity contribution in [2.75, 3.05) is 12.3 Å². The van der Waals surface area contributed by atoms with Crippen LogP contribution in [0, 0.1) is 0 Å². The van der Waals surface area contributed by atoms with Gasteiger partial charge in [0.1, 0.15) is 0 Å². The van der Waals surface area contributed by atoms with E-state index in [9.17, 15) is 13.6 Å². The van der Waals surface area contributed by atoms with E-state index >= 15 is 0 Å². The highest BCUT2D eigenvalue weighted by atomic mass is 19.3. The maximum absolute atomic E-state index is 11.7. The van der Waals surface area contributed by atoms with E-state index in [0.717, 1.165) is 0 Å². The van der Waals surface area contributed by atoms with Gasteiger partial charge in [-0.25, -0.2) is 8.78 Å². The molecule has 0 aliphatic heterocycles. The summed E-state index contributed by atoms with van der Waals surface area (Å²) in [5.41, 5.74) is 6.38. The van der Waals surface area contributed by atoms with Gasteiger partial charge in [-0.3, -0.25) is 9.78 Å². The summed E-state index contributed by atoms with van der Waals surface area (Å²) in [6.07, 6.45) is -1.14. The first kappa shape index (κ1) is 11.4. The molecule has 1 heterocycles. The number of nitrogen functional groups attached to an aromatic ring is 1. The zero-order chi connectivity index (χ0) is 11.3. The first-order valence-corrected chi connectivity index (χ1v) is 4.33. The first-order valence-electron chi connectivity index (χ1n) is 4.33. The monoisotopic (exact) mass is 215 g/mol. The van der Waals surface area contributed by atoms with Gasteiger partial charge in [-0.05, 0) is 12.1 Å². The molecule has 0 radical (unpaired) electrons. The zero-order valence-electron chi connectivity index (χ0n) is 7.91. The number of aromatic nitrogens is 1. The zero-order valence-corrected chi connectivity index (χ0v) is 7.91. The lowest BCUT2D eigenvalue weighted by Crippen LogP contribution is -2.29. The summed E-state index contributed by atoms with van der Waals surface area (Å²) in [6, 6.07) is 3.18.